The average Bonchev–Trinajstić information content (AvgIpc) is 2.64. The van der Waals surface area contributed by atoms with E-state index in [1.807, 2.05) is 24.3 Å². The van der Waals surface area contributed by atoms with Crippen molar-refractivity contribution in [1.82, 2.24) is 0 Å². The SMILES string of the molecule is C#CCOc1ccccc1/C=C(\C#N)c1ccc(OC)c(OC)c1. The van der Waals surface area contributed by atoms with Gasteiger partial charge in [-0.15, -0.1) is 6.42 Å². The summed E-state index contributed by atoms with van der Waals surface area (Å²) in [6, 6.07) is 14.9. The molecule has 0 N–H and O–H groups in total. The summed E-state index contributed by atoms with van der Waals surface area (Å²) in [4.78, 5) is 0. The molecular formula is C20H17NO3. The summed E-state index contributed by atoms with van der Waals surface area (Å²) in [7, 11) is 3.12. The molecule has 0 amide bonds. The minimum atomic E-state index is 0.170. The van der Waals surface area contributed by atoms with E-state index < -0.39 is 0 Å². The summed E-state index contributed by atoms with van der Waals surface area (Å²) in [6.45, 7) is 0.170. The molecule has 0 aliphatic heterocycles. The number of nitriles is 1. The highest BCUT2D eigenvalue weighted by Crippen LogP contribution is 2.31. The van der Waals surface area contributed by atoms with Crippen LogP contribution in [0.1, 0.15) is 11.1 Å². The van der Waals surface area contributed by atoms with Gasteiger partial charge in [0.25, 0.3) is 0 Å². The highest BCUT2D eigenvalue weighted by molar-refractivity contribution is 5.91. The molecule has 0 unspecified atom stereocenters. The van der Waals surface area contributed by atoms with Crippen LogP contribution in [0, 0.1) is 23.7 Å². The minimum Gasteiger partial charge on any atom is -0.493 e. The van der Waals surface area contributed by atoms with Gasteiger partial charge < -0.3 is 14.2 Å². The lowest BCUT2D eigenvalue weighted by molar-refractivity contribution is 0.355. The van der Waals surface area contributed by atoms with Crippen LogP contribution in [0.25, 0.3) is 11.6 Å². The van der Waals surface area contributed by atoms with Gasteiger partial charge in [0.15, 0.2) is 11.5 Å². The van der Waals surface area contributed by atoms with Gasteiger partial charge in [0.1, 0.15) is 12.4 Å². The van der Waals surface area contributed by atoms with Crippen molar-refractivity contribution in [2.75, 3.05) is 20.8 Å². The zero-order valence-electron chi connectivity index (χ0n) is 13.6. The number of ether oxygens (including phenoxy) is 3. The van der Waals surface area contributed by atoms with Gasteiger partial charge in [0.2, 0.25) is 0 Å². The van der Waals surface area contributed by atoms with Crippen LogP contribution in [0.15, 0.2) is 42.5 Å². The van der Waals surface area contributed by atoms with Crippen LogP contribution in [0.3, 0.4) is 0 Å². The summed E-state index contributed by atoms with van der Waals surface area (Å²) in [5.41, 5.74) is 1.98. The molecule has 0 atom stereocenters. The van der Waals surface area contributed by atoms with Crippen LogP contribution in [-0.4, -0.2) is 20.8 Å². The first-order valence-electron chi connectivity index (χ1n) is 7.23. The van der Waals surface area contributed by atoms with E-state index >= 15 is 0 Å². The average molecular weight is 319 g/mol. The van der Waals surface area contributed by atoms with Gasteiger partial charge in [-0.1, -0.05) is 24.1 Å². The normalized spacial score (nSPS) is 10.4. The molecule has 0 spiro atoms. The third kappa shape index (κ3) is 3.88. The second-order valence-corrected chi connectivity index (χ2v) is 4.77. The molecule has 0 aromatic heterocycles. The minimum absolute atomic E-state index is 0.170. The smallest absolute Gasteiger partial charge is 0.161 e. The quantitative estimate of drug-likeness (QED) is 0.462. The molecule has 0 saturated carbocycles. The first kappa shape index (κ1) is 17.0. The van der Waals surface area contributed by atoms with Gasteiger partial charge in [0.05, 0.1) is 25.9 Å². The maximum Gasteiger partial charge on any atom is 0.161 e. The summed E-state index contributed by atoms with van der Waals surface area (Å²) in [5.74, 6) is 4.23. The van der Waals surface area contributed by atoms with Crippen molar-refractivity contribution in [3.63, 3.8) is 0 Å². The van der Waals surface area contributed by atoms with Crippen molar-refractivity contribution in [2.24, 2.45) is 0 Å². The monoisotopic (exact) mass is 319 g/mol. The van der Waals surface area contributed by atoms with Crippen LogP contribution in [0.5, 0.6) is 17.2 Å². The van der Waals surface area contributed by atoms with E-state index in [4.69, 9.17) is 20.6 Å². The van der Waals surface area contributed by atoms with Gasteiger partial charge in [-0.05, 0) is 35.9 Å². The number of terminal acetylenes is 1. The molecule has 24 heavy (non-hydrogen) atoms. The predicted molar refractivity (Wildman–Crippen MR) is 93.8 cm³/mol. The van der Waals surface area contributed by atoms with E-state index in [0.717, 1.165) is 11.1 Å². The third-order valence-corrected chi connectivity index (χ3v) is 3.34. The molecule has 4 heteroatoms. The maximum absolute atomic E-state index is 9.53. The van der Waals surface area contributed by atoms with Crippen molar-refractivity contribution in [3.8, 4) is 35.7 Å². The Morgan fingerprint density at radius 2 is 1.83 bits per heavy atom. The lowest BCUT2D eigenvalue weighted by atomic mass is 10.0. The molecular weight excluding hydrogens is 302 g/mol. The largest absolute Gasteiger partial charge is 0.493 e. The molecule has 0 radical (unpaired) electrons. The Labute approximate surface area is 141 Å². The third-order valence-electron chi connectivity index (χ3n) is 3.34. The van der Waals surface area contributed by atoms with Crippen molar-refractivity contribution < 1.29 is 14.2 Å². The van der Waals surface area contributed by atoms with E-state index in [-0.39, 0.29) is 6.61 Å². The van der Waals surface area contributed by atoms with E-state index in [1.54, 1.807) is 38.5 Å². The first-order valence-corrected chi connectivity index (χ1v) is 7.23. The number of hydrogen-bond acceptors (Lipinski definition) is 4. The molecule has 0 bridgehead atoms. The number of hydrogen-bond donors (Lipinski definition) is 0. The van der Waals surface area contributed by atoms with E-state index in [1.165, 1.54) is 0 Å². The Bertz CT molecular complexity index is 826. The Morgan fingerprint density at radius 1 is 1.08 bits per heavy atom. The maximum atomic E-state index is 9.53. The number of para-hydroxylation sites is 1. The fourth-order valence-corrected chi connectivity index (χ4v) is 2.19. The lowest BCUT2D eigenvalue weighted by Crippen LogP contribution is -1.96. The van der Waals surface area contributed by atoms with Crippen molar-refractivity contribution >= 4 is 11.6 Å². The lowest BCUT2D eigenvalue weighted by Gasteiger charge is -2.10. The van der Waals surface area contributed by atoms with Gasteiger partial charge in [0, 0.05) is 5.56 Å². The number of nitrogens with zero attached hydrogens (tertiary/aromatic N) is 1. The second kappa shape index (κ2) is 8.31. The summed E-state index contributed by atoms with van der Waals surface area (Å²) >= 11 is 0. The van der Waals surface area contributed by atoms with E-state index in [9.17, 15) is 5.26 Å². The fraction of sp³-hybridized carbons (Fsp3) is 0.150. The van der Waals surface area contributed by atoms with Crippen LogP contribution < -0.4 is 14.2 Å². The molecule has 4 nitrogen and oxygen atoms in total. The number of allylic oxidation sites excluding steroid dienone is 1. The summed E-state index contributed by atoms with van der Waals surface area (Å²) in [5, 5.41) is 9.53. The van der Waals surface area contributed by atoms with Crippen LogP contribution >= 0.6 is 0 Å². The fourth-order valence-electron chi connectivity index (χ4n) is 2.19. The highest BCUT2D eigenvalue weighted by Gasteiger charge is 2.09. The Hall–Kier alpha value is -3.37. The first-order chi connectivity index (χ1) is 11.7. The van der Waals surface area contributed by atoms with Crippen molar-refractivity contribution in [2.45, 2.75) is 0 Å². The Balaban J connectivity index is 2.44. The second-order valence-electron chi connectivity index (χ2n) is 4.77. The molecule has 2 aromatic rings. The Kier molecular flexibility index (Phi) is 5.88. The zero-order valence-corrected chi connectivity index (χ0v) is 13.6. The van der Waals surface area contributed by atoms with E-state index in [2.05, 4.69) is 12.0 Å². The molecule has 0 aliphatic rings. The highest BCUT2D eigenvalue weighted by atomic mass is 16.5. The molecule has 0 aliphatic carbocycles. The number of benzene rings is 2. The summed E-state index contributed by atoms with van der Waals surface area (Å²) < 4.78 is 16.0. The molecule has 0 fully saturated rings. The van der Waals surface area contributed by atoms with Crippen LogP contribution in [-0.2, 0) is 0 Å². The van der Waals surface area contributed by atoms with Crippen LogP contribution in [0.2, 0.25) is 0 Å². The van der Waals surface area contributed by atoms with Crippen LogP contribution in [0.4, 0.5) is 0 Å². The van der Waals surface area contributed by atoms with Gasteiger partial charge >= 0.3 is 0 Å². The molecule has 0 heterocycles. The van der Waals surface area contributed by atoms with Crippen molar-refractivity contribution in [3.05, 3.63) is 53.6 Å². The van der Waals surface area contributed by atoms with Gasteiger partial charge in [-0.2, -0.15) is 5.26 Å². The number of rotatable bonds is 6. The van der Waals surface area contributed by atoms with E-state index in [0.29, 0.717) is 22.8 Å². The molecule has 120 valence electrons. The molecule has 0 saturated heterocycles. The predicted octanol–water partition coefficient (Wildman–Crippen LogP) is 3.78. The van der Waals surface area contributed by atoms with Gasteiger partial charge in [-0.25, -0.2) is 0 Å². The van der Waals surface area contributed by atoms with Gasteiger partial charge in [-0.3, -0.25) is 0 Å². The Morgan fingerprint density at radius 3 is 2.50 bits per heavy atom. The molecule has 2 rings (SSSR count). The summed E-state index contributed by atoms with van der Waals surface area (Å²) in [6.07, 6.45) is 6.99. The standard InChI is InChI=1S/C20H17NO3/c1-4-11-24-18-8-6-5-7-16(18)12-17(14-21)15-9-10-19(22-2)20(13-15)23-3/h1,5-10,12-13H,11H2,2-3H3/b17-12+. The molecule has 2 aromatic carbocycles. The number of methoxy groups -OCH3 is 2. The van der Waals surface area contributed by atoms with Crippen molar-refractivity contribution in [1.29, 1.82) is 5.26 Å². The zero-order chi connectivity index (χ0) is 17.4. The topological polar surface area (TPSA) is 51.5 Å².